The average Bonchev–Trinajstić information content (AvgIpc) is 2.65. The third kappa shape index (κ3) is 4.19. The molecule has 0 saturated carbocycles. The Bertz CT molecular complexity index is 770. The van der Waals surface area contributed by atoms with Gasteiger partial charge in [0.15, 0.2) is 11.6 Å². The Morgan fingerprint density at radius 3 is 2.27 bits per heavy atom. The second-order valence-corrected chi connectivity index (χ2v) is 6.69. The number of rotatable bonds is 4. The van der Waals surface area contributed by atoms with Crippen LogP contribution in [0.1, 0.15) is 30.1 Å². The number of amides is 1. The van der Waals surface area contributed by atoms with Crippen LogP contribution in [0.25, 0.3) is 0 Å². The van der Waals surface area contributed by atoms with Gasteiger partial charge in [-0.25, -0.2) is 8.78 Å². The Morgan fingerprint density at radius 1 is 1.08 bits per heavy atom. The molecule has 0 spiro atoms. The summed E-state index contributed by atoms with van der Waals surface area (Å²) in [5, 5.41) is 0. The van der Waals surface area contributed by atoms with Crippen molar-refractivity contribution in [1.82, 2.24) is 4.90 Å². The number of halogens is 2. The van der Waals surface area contributed by atoms with Crippen LogP contribution in [0.4, 0.5) is 8.78 Å². The monoisotopic (exact) mass is 360 g/mol. The van der Waals surface area contributed by atoms with Gasteiger partial charge in [0.05, 0.1) is 0 Å². The summed E-state index contributed by atoms with van der Waals surface area (Å²) in [5.41, 5.74) is 6.51. The van der Waals surface area contributed by atoms with E-state index in [2.05, 4.69) is 0 Å². The SMILES string of the molecule is CC(N)C1CCN(C(=O)c2ccc(Oc3ccc(F)c(F)c3)cc2)CC1. The molecule has 1 unspecified atom stereocenters. The number of ether oxygens (including phenoxy) is 1. The maximum atomic E-state index is 13.2. The van der Waals surface area contributed by atoms with Crippen molar-refractivity contribution >= 4 is 5.91 Å². The lowest BCUT2D eigenvalue weighted by atomic mass is 9.90. The number of carbonyl (C=O) groups excluding carboxylic acids is 1. The van der Waals surface area contributed by atoms with Gasteiger partial charge in [-0.1, -0.05) is 0 Å². The minimum Gasteiger partial charge on any atom is -0.457 e. The zero-order valence-corrected chi connectivity index (χ0v) is 14.6. The highest BCUT2D eigenvalue weighted by Crippen LogP contribution is 2.25. The smallest absolute Gasteiger partial charge is 0.253 e. The molecule has 1 fully saturated rings. The Balaban J connectivity index is 1.62. The van der Waals surface area contributed by atoms with Crippen molar-refractivity contribution in [2.75, 3.05) is 13.1 Å². The minimum absolute atomic E-state index is 0.0208. The van der Waals surface area contributed by atoms with E-state index in [0.717, 1.165) is 25.0 Å². The minimum atomic E-state index is -0.968. The van der Waals surface area contributed by atoms with Gasteiger partial charge in [-0.05, 0) is 62.1 Å². The molecule has 0 aliphatic carbocycles. The van der Waals surface area contributed by atoms with Gasteiger partial charge in [-0.3, -0.25) is 4.79 Å². The molecule has 0 bridgehead atoms. The fraction of sp³-hybridized carbons (Fsp3) is 0.350. The zero-order chi connectivity index (χ0) is 18.7. The predicted molar refractivity (Wildman–Crippen MR) is 95.2 cm³/mol. The van der Waals surface area contributed by atoms with Gasteiger partial charge in [-0.15, -0.1) is 0 Å². The van der Waals surface area contributed by atoms with Gasteiger partial charge >= 0.3 is 0 Å². The van der Waals surface area contributed by atoms with Crippen LogP contribution < -0.4 is 10.5 Å². The normalized spacial score (nSPS) is 16.4. The second kappa shape index (κ2) is 7.83. The fourth-order valence-corrected chi connectivity index (χ4v) is 3.15. The molecule has 1 aliphatic heterocycles. The Labute approximate surface area is 151 Å². The second-order valence-electron chi connectivity index (χ2n) is 6.69. The van der Waals surface area contributed by atoms with Gasteiger partial charge in [0, 0.05) is 30.8 Å². The first kappa shape index (κ1) is 18.3. The van der Waals surface area contributed by atoms with E-state index in [0.29, 0.717) is 30.3 Å². The molecule has 26 heavy (non-hydrogen) atoms. The zero-order valence-electron chi connectivity index (χ0n) is 14.6. The van der Waals surface area contributed by atoms with E-state index >= 15 is 0 Å². The van der Waals surface area contributed by atoms with E-state index in [1.807, 2.05) is 11.8 Å². The summed E-state index contributed by atoms with van der Waals surface area (Å²) in [5.74, 6) is -0.807. The van der Waals surface area contributed by atoms with Crippen molar-refractivity contribution < 1.29 is 18.3 Å². The molecular weight excluding hydrogens is 338 g/mol. The number of benzene rings is 2. The molecule has 138 valence electrons. The molecule has 2 N–H and O–H groups in total. The first-order chi connectivity index (χ1) is 12.4. The largest absolute Gasteiger partial charge is 0.457 e. The first-order valence-electron chi connectivity index (χ1n) is 8.72. The van der Waals surface area contributed by atoms with Crippen LogP contribution in [0.3, 0.4) is 0 Å². The number of likely N-dealkylation sites (tertiary alicyclic amines) is 1. The molecule has 2 aromatic rings. The molecule has 4 nitrogen and oxygen atoms in total. The molecule has 3 rings (SSSR count). The molecule has 1 atom stereocenters. The van der Waals surface area contributed by atoms with Crippen LogP contribution in [0, 0.1) is 17.6 Å². The van der Waals surface area contributed by atoms with Crippen LogP contribution in [-0.2, 0) is 0 Å². The maximum Gasteiger partial charge on any atom is 0.253 e. The number of carbonyl (C=O) groups is 1. The molecule has 0 radical (unpaired) electrons. The summed E-state index contributed by atoms with van der Waals surface area (Å²) in [6.07, 6.45) is 1.83. The van der Waals surface area contributed by atoms with Crippen molar-refractivity contribution in [2.24, 2.45) is 11.7 Å². The molecule has 1 aliphatic rings. The fourth-order valence-electron chi connectivity index (χ4n) is 3.15. The quantitative estimate of drug-likeness (QED) is 0.898. The highest BCUT2D eigenvalue weighted by Gasteiger charge is 2.25. The average molecular weight is 360 g/mol. The van der Waals surface area contributed by atoms with Crippen LogP contribution >= 0.6 is 0 Å². The lowest BCUT2D eigenvalue weighted by Gasteiger charge is -2.33. The van der Waals surface area contributed by atoms with Gasteiger partial charge in [0.25, 0.3) is 5.91 Å². The van der Waals surface area contributed by atoms with Gasteiger partial charge < -0.3 is 15.4 Å². The van der Waals surface area contributed by atoms with E-state index in [-0.39, 0.29) is 17.7 Å². The Morgan fingerprint density at radius 2 is 1.69 bits per heavy atom. The van der Waals surface area contributed by atoms with Gasteiger partial charge in [0.2, 0.25) is 0 Å². The summed E-state index contributed by atoms with van der Waals surface area (Å²) < 4.78 is 31.7. The molecule has 1 heterocycles. The molecule has 2 aromatic carbocycles. The van der Waals surface area contributed by atoms with E-state index < -0.39 is 11.6 Å². The van der Waals surface area contributed by atoms with Crippen LogP contribution in [-0.4, -0.2) is 29.9 Å². The van der Waals surface area contributed by atoms with Crippen molar-refractivity contribution in [1.29, 1.82) is 0 Å². The summed E-state index contributed by atoms with van der Waals surface area (Å²) in [6.45, 7) is 3.42. The molecule has 1 saturated heterocycles. The maximum absolute atomic E-state index is 13.2. The van der Waals surface area contributed by atoms with Crippen molar-refractivity contribution in [2.45, 2.75) is 25.8 Å². The van der Waals surface area contributed by atoms with Gasteiger partial charge in [0.1, 0.15) is 11.5 Å². The standard InChI is InChI=1S/C20H22F2N2O2/c1-13(23)14-8-10-24(11-9-14)20(25)15-2-4-16(5-3-15)26-17-6-7-18(21)19(22)12-17/h2-7,12-14H,8-11,23H2,1H3. The summed E-state index contributed by atoms with van der Waals surface area (Å²) in [7, 11) is 0. The van der Waals surface area contributed by atoms with Crippen LogP contribution in [0.2, 0.25) is 0 Å². The van der Waals surface area contributed by atoms with E-state index in [4.69, 9.17) is 10.5 Å². The third-order valence-electron chi connectivity index (χ3n) is 4.80. The van der Waals surface area contributed by atoms with E-state index in [1.54, 1.807) is 24.3 Å². The summed E-state index contributed by atoms with van der Waals surface area (Å²) in [4.78, 5) is 14.4. The first-order valence-corrected chi connectivity index (χ1v) is 8.72. The van der Waals surface area contributed by atoms with E-state index in [9.17, 15) is 13.6 Å². The Hall–Kier alpha value is -2.47. The third-order valence-corrected chi connectivity index (χ3v) is 4.80. The van der Waals surface area contributed by atoms with Crippen LogP contribution in [0.15, 0.2) is 42.5 Å². The summed E-state index contributed by atoms with van der Waals surface area (Å²) >= 11 is 0. The predicted octanol–water partition coefficient (Wildman–Crippen LogP) is 3.96. The Kier molecular flexibility index (Phi) is 5.52. The highest BCUT2D eigenvalue weighted by atomic mass is 19.2. The number of nitrogens with zero attached hydrogens (tertiary/aromatic N) is 1. The van der Waals surface area contributed by atoms with Crippen molar-refractivity contribution in [3.05, 3.63) is 59.7 Å². The molecule has 1 amide bonds. The van der Waals surface area contributed by atoms with Gasteiger partial charge in [-0.2, -0.15) is 0 Å². The van der Waals surface area contributed by atoms with Crippen molar-refractivity contribution in [3.8, 4) is 11.5 Å². The number of hydrogen-bond acceptors (Lipinski definition) is 3. The molecule has 6 heteroatoms. The van der Waals surface area contributed by atoms with Crippen molar-refractivity contribution in [3.63, 3.8) is 0 Å². The van der Waals surface area contributed by atoms with Crippen LogP contribution in [0.5, 0.6) is 11.5 Å². The summed E-state index contributed by atoms with van der Waals surface area (Å²) in [6, 6.07) is 10.1. The topological polar surface area (TPSA) is 55.6 Å². The lowest BCUT2D eigenvalue weighted by molar-refractivity contribution is 0.0681. The number of nitrogens with two attached hydrogens (primary N) is 1. The van der Waals surface area contributed by atoms with E-state index in [1.165, 1.54) is 6.07 Å². The number of hydrogen-bond donors (Lipinski definition) is 1. The lowest BCUT2D eigenvalue weighted by Crippen LogP contribution is -2.42. The molecular formula is C20H22F2N2O2. The number of piperidine rings is 1. The molecule has 0 aromatic heterocycles. The highest BCUT2D eigenvalue weighted by molar-refractivity contribution is 5.94.